The summed E-state index contributed by atoms with van der Waals surface area (Å²) in [5.41, 5.74) is 0. The van der Waals surface area contributed by atoms with Crippen molar-refractivity contribution < 1.29 is 5.11 Å². The molecule has 1 rings (SSSR count). The highest BCUT2D eigenvalue weighted by Gasteiger charge is 2.29. The van der Waals surface area contributed by atoms with Gasteiger partial charge in [-0.05, 0) is 38.6 Å². The molecule has 78 valence electrons. The maximum absolute atomic E-state index is 9.32. The fourth-order valence-corrected chi connectivity index (χ4v) is 1.63. The quantitative estimate of drug-likeness (QED) is 0.683. The molecule has 0 aromatic carbocycles. The van der Waals surface area contributed by atoms with Crippen LogP contribution in [0, 0.1) is 5.92 Å². The van der Waals surface area contributed by atoms with Crippen LogP contribution in [0.1, 0.15) is 40.0 Å². The second kappa shape index (κ2) is 4.97. The molecule has 0 aromatic rings. The molecule has 13 heavy (non-hydrogen) atoms. The monoisotopic (exact) mass is 185 g/mol. The molecule has 1 unspecified atom stereocenters. The van der Waals surface area contributed by atoms with E-state index in [1.165, 1.54) is 19.3 Å². The lowest BCUT2D eigenvalue weighted by molar-refractivity contribution is 0.118. The van der Waals surface area contributed by atoms with Crippen LogP contribution in [0.2, 0.25) is 0 Å². The molecule has 1 saturated carbocycles. The summed E-state index contributed by atoms with van der Waals surface area (Å²) in [4.78, 5) is 2.45. The Morgan fingerprint density at radius 2 is 1.92 bits per heavy atom. The van der Waals surface area contributed by atoms with Crippen LogP contribution in [0.15, 0.2) is 0 Å². The largest absolute Gasteiger partial charge is 0.392 e. The Balaban J connectivity index is 2.21. The molecule has 0 saturated heterocycles. The van der Waals surface area contributed by atoms with Crippen molar-refractivity contribution in [3.05, 3.63) is 0 Å². The van der Waals surface area contributed by atoms with E-state index in [9.17, 15) is 5.11 Å². The Kier molecular flexibility index (Phi) is 4.20. The van der Waals surface area contributed by atoms with Crippen LogP contribution in [0.25, 0.3) is 0 Å². The number of nitrogens with zero attached hydrogens (tertiary/aromatic N) is 1. The van der Waals surface area contributed by atoms with Crippen LogP contribution >= 0.6 is 0 Å². The summed E-state index contributed by atoms with van der Waals surface area (Å²) in [6.07, 6.45) is 3.76. The van der Waals surface area contributed by atoms with E-state index < -0.39 is 0 Å². The van der Waals surface area contributed by atoms with Crippen molar-refractivity contribution >= 4 is 0 Å². The lowest BCUT2D eigenvalue weighted by Gasteiger charge is -2.24. The zero-order chi connectivity index (χ0) is 9.84. The lowest BCUT2D eigenvalue weighted by atomic mass is 10.1. The van der Waals surface area contributed by atoms with Crippen molar-refractivity contribution in [1.29, 1.82) is 0 Å². The maximum Gasteiger partial charge on any atom is 0.0639 e. The second-order valence-corrected chi connectivity index (χ2v) is 4.76. The molecule has 0 bridgehead atoms. The van der Waals surface area contributed by atoms with Crippen LogP contribution in [0.5, 0.6) is 0 Å². The molecular weight excluding hydrogens is 162 g/mol. The SMILES string of the molecule is CC(C)CCN(CC(C)O)C1CC1. The summed E-state index contributed by atoms with van der Waals surface area (Å²) >= 11 is 0. The van der Waals surface area contributed by atoms with Gasteiger partial charge in [0, 0.05) is 12.6 Å². The molecule has 2 nitrogen and oxygen atoms in total. The molecule has 0 heterocycles. The van der Waals surface area contributed by atoms with Crippen molar-refractivity contribution in [3.63, 3.8) is 0 Å². The first-order valence-corrected chi connectivity index (χ1v) is 5.51. The standard InChI is InChI=1S/C11H23NO/c1-9(2)6-7-12(8-10(3)13)11-4-5-11/h9-11,13H,4-8H2,1-3H3. The van der Waals surface area contributed by atoms with E-state index in [1.54, 1.807) is 0 Å². The zero-order valence-corrected chi connectivity index (χ0v) is 9.16. The third kappa shape index (κ3) is 4.63. The van der Waals surface area contributed by atoms with Gasteiger partial charge in [0.05, 0.1) is 6.10 Å². The van der Waals surface area contributed by atoms with Crippen molar-refractivity contribution in [2.45, 2.75) is 52.2 Å². The van der Waals surface area contributed by atoms with E-state index in [-0.39, 0.29) is 6.10 Å². The summed E-state index contributed by atoms with van der Waals surface area (Å²) in [7, 11) is 0. The summed E-state index contributed by atoms with van der Waals surface area (Å²) in [5.74, 6) is 0.773. The first-order chi connectivity index (χ1) is 6.09. The zero-order valence-electron chi connectivity index (χ0n) is 9.16. The molecule has 1 fully saturated rings. The number of aliphatic hydroxyl groups excluding tert-OH is 1. The Bertz CT molecular complexity index is 141. The van der Waals surface area contributed by atoms with E-state index in [0.717, 1.165) is 25.0 Å². The van der Waals surface area contributed by atoms with E-state index >= 15 is 0 Å². The highest BCUT2D eigenvalue weighted by molar-refractivity contribution is 4.85. The Morgan fingerprint density at radius 3 is 2.31 bits per heavy atom. The Morgan fingerprint density at radius 1 is 1.31 bits per heavy atom. The first-order valence-electron chi connectivity index (χ1n) is 5.51. The van der Waals surface area contributed by atoms with Gasteiger partial charge in [0.1, 0.15) is 0 Å². The van der Waals surface area contributed by atoms with E-state index in [4.69, 9.17) is 0 Å². The predicted molar refractivity (Wildman–Crippen MR) is 55.7 cm³/mol. The van der Waals surface area contributed by atoms with Crippen LogP contribution < -0.4 is 0 Å². The molecule has 1 aliphatic rings. The van der Waals surface area contributed by atoms with Crippen LogP contribution in [0.4, 0.5) is 0 Å². The van der Waals surface area contributed by atoms with Gasteiger partial charge in [-0.25, -0.2) is 0 Å². The van der Waals surface area contributed by atoms with Gasteiger partial charge in [0.2, 0.25) is 0 Å². The molecule has 0 radical (unpaired) electrons. The van der Waals surface area contributed by atoms with Crippen LogP contribution in [0.3, 0.4) is 0 Å². The van der Waals surface area contributed by atoms with Gasteiger partial charge in [0.15, 0.2) is 0 Å². The van der Waals surface area contributed by atoms with E-state index in [0.29, 0.717) is 0 Å². The fraction of sp³-hybridized carbons (Fsp3) is 1.00. The van der Waals surface area contributed by atoms with Crippen molar-refractivity contribution in [1.82, 2.24) is 4.90 Å². The summed E-state index contributed by atoms with van der Waals surface area (Å²) in [6, 6.07) is 0.786. The summed E-state index contributed by atoms with van der Waals surface area (Å²) in [5, 5.41) is 9.32. The molecular formula is C11H23NO. The molecule has 0 spiro atoms. The van der Waals surface area contributed by atoms with Gasteiger partial charge in [-0.15, -0.1) is 0 Å². The lowest BCUT2D eigenvalue weighted by Crippen LogP contribution is -2.34. The highest BCUT2D eigenvalue weighted by Crippen LogP contribution is 2.27. The van der Waals surface area contributed by atoms with E-state index in [1.807, 2.05) is 6.92 Å². The number of rotatable bonds is 6. The fourth-order valence-electron chi connectivity index (χ4n) is 1.63. The number of aliphatic hydroxyl groups is 1. The third-order valence-corrected chi connectivity index (χ3v) is 2.56. The highest BCUT2D eigenvalue weighted by atomic mass is 16.3. The van der Waals surface area contributed by atoms with Gasteiger partial charge in [-0.3, -0.25) is 4.90 Å². The number of hydrogen-bond acceptors (Lipinski definition) is 2. The second-order valence-electron chi connectivity index (χ2n) is 4.76. The molecule has 0 amide bonds. The molecule has 2 heteroatoms. The van der Waals surface area contributed by atoms with Crippen molar-refractivity contribution in [2.24, 2.45) is 5.92 Å². The van der Waals surface area contributed by atoms with E-state index in [2.05, 4.69) is 18.7 Å². The molecule has 0 aromatic heterocycles. The average molecular weight is 185 g/mol. The first kappa shape index (κ1) is 11.0. The number of hydrogen-bond donors (Lipinski definition) is 1. The van der Waals surface area contributed by atoms with Gasteiger partial charge in [-0.2, -0.15) is 0 Å². The molecule has 0 aliphatic heterocycles. The molecule has 1 atom stereocenters. The smallest absolute Gasteiger partial charge is 0.0639 e. The van der Waals surface area contributed by atoms with Gasteiger partial charge >= 0.3 is 0 Å². The summed E-state index contributed by atoms with van der Waals surface area (Å²) < 4.78 is 0. The van der Waals surface area contributed by atoms with Crippen molar-refractivity contribution in [2.75, 3.05) is 13.1 Å². The minimum Gasteiger partial charge on any atom is -0.392 e. The van der Waals surface area contributed by atoms with Crippen LogP contribution in [-0.2, 0) is 0 Å². The Hall–Kier alpha value is -0.0800. The van der Waals surface area contributed by atoms with Gasteiger partial charge < -0.3 is 5.11 Å². The summed E-state index contributed by atoms with van der Waals surface area (Å²) in [6.45, 7) is 8.41. The normalized spacial score (nSPS) is 19.8. The van der Waals surface area contributed by atoms with Crippen LogP contribution in [-0.4, -0.2) is 35.2 Å². The molecule has 1 N–H and O–H groups in total. The molecule has 1 aliphatic carbocycles. The minimum absolute atomic E-state index is 0.173. The topological polar surface area (TPSA) is 23.5 Å². The minimum atomic E-state index is -0.173. The van der Waals surface area contributed by atoms with Gasteiger partial charge in [-0.1, -0.05) is 13.8 Å². The predicted octanol–water partition coefficient (Wildman–Crippen LogP) is 1.88. The van der Waals surface area contributed by atoms with Gasteiger partial charge in [0.25, 0.3) is 0 Å². The maximum atomic E-state index is 9.32. The van der Waals surface area contributed by atoms with Crippen molar-refractivity contribution in [3.8, 4) is 0 Å². The Labute approximate surface area is 81.9 Å². The third-order valence-electron chi connectivity index (χ3n) is 2.56. The average Bonchev–Trinajstić information content (AvgIpc) is 2.78.